The van der Waals surface area contributed by atoms with Gasteiger partial charge in [0, 0.05) is 24.1 Å². The first-order chi connectivity index (χ1) is 15.5. The van der Waals surface area contributed by atoms with Crippen molar-refractivity contribution in [1.29, 1.82) is 0 Å². The quantitative estimate of drug-likeness (QED) is 0.179. The van der Waals surface area contributed by atoms with Gasteiger partial charge in [0.2, 0.25) is 17.7 Å². The van der Waals surface area contributed by atoms with Crippen molar-refractivity contribution >= 4 is 36.3 Å². The number of nitrogens with zero attached hydrogens (tertiary/aromatic N) is 1. The number of aromatic amines is 1. The molecule has 1 aromatic heterocycles. The molecular weight excluding hydrogens is 448 g/mol. The van der Waals surface area contributed by atoms with Gasteiger partial charge in [0.25, 0.3) is 0 Å². The maximum Gasteiger partial charge on any atom is 0.326 e. The van der Waals surface area contributed by atoms with Gasteiger partial charge in [-0.3, -0.25) is 14.4 Å². The van der Waals surface area contributed by atoms with E-state index in [1.807, 2.05) is 13.8 Å². The van der Waals surface area contributed by atoms with E-state index in [-0.39, 0.29) is 24.0 Å². The van der Waals surface area contributed by atoms with Crippen LogP contribution >= 0.6 is 12.6 Å². The molecule has 0 radical (unpaired) electrons. The highest BCUT2D eigenvalue weighted by atomic mass is 32.1. The van der Waals surface area contributed by atoms with Crippen LogP contribution in [0.4, 0.5) is 0 Å². The summed E-state index contributed by atoms with van der Waals surface area (Å²) in [6.45, 7) is 7.20. The molecule has 0 aliphatic rings. The number of carboxylic acid groups (broad SMARTS) is 1. The molecule has 1 aromatic rings. The van der Waals surface area contributed by atoms with Gasteiger partial charge >= 0.3 is 5.97 Å². The minimum Gasteiger partial charge on any atom is -0.480 e. The van der Waals surface area contributed by atoms with Crippen molar-refractivity contribution in [2.45, 2.75) is 71.1 Å². The molecule has 0 saturated carbocycles. The van der Waals surface area contributed by atoms with E-state index in [4.69, 9.17) is 5.73 Å². The van der Waals surface area contributed by atoms with Crippen molar-refractivity contribution in [2.24, 2.45) is 17.6 Å². The second-order valence-corrected chi connectivity index (χ2v) is 8.58. The number of imidazole rings is 1. The highest BCUT2D eigenvalue weighted by Crippen LogP contribution is 2.11. The summed E-state index contributed by atoms with van der Waals surface area (Å²) in [5.74, 6) is -3.50. The van der Waals surface area contributed by atoms with Crippen molar-refractivity contribution < 1.29 is 24.3 Å². The van der Waals surface area contributed by atoms with Gasteiger partial charge in [0.1, 0.15) is 18.1 Å². The maximum atomic E-state index is 13.0. The first kappa shape index (κ1) is 28.4. The third-order valence-electron chi connectivity index (χ3n) is 5.72. The Hall–Kier alpha value is -2.60. The maximum absolute atomic E-state index is 13.0. The minimum absolute atomic E-state index is 0.0507. The second-order valence-electron chi connectivity index (χ2n) is 8.21. The van der Waals surface area contributed by atoms with Crippen LogP contribution in [-0.4, -0.2) is 68.7 Å². The number of nitrogens with one attached hydrogen (secondary N) is 4. The van der Waals surface area contributed by atoms with Gasteiger partial charge in [-0.05, 0) is 11.8 Å². The predicted molar refractivity (Wildman–Crippen MR) is 126 cm³/mol. The summed E-state index contributed by atoms with van der Waals surface area (Å²) in [5, 5.41) is 17.1. The van der Waals surface area contributed by atoms with Gasteiger partial charge in [-0.2, -0.15) is 12.6 Å². The number of rotatable bonds is 14. The standard InChI is InChI=1S/C21H36N6O5S/c1-5-11(3)16(26-18(28)14(22)7-13-8-23-10-24-13)20(30)25-15(9-33)19(29)27-17(21(31)32)12(4)6-2/h8,10-12,14-17,33H,5-7,9,22H2,1-4H3,(H,23,24)(H,25,30)(H,26,28)(H,27,29)(H,31,32). The zero-order valence-electron chi connectivity index (χ0n) is 19.5. The lowest BCUT2D eigenvalue weighted by atomic mass is 9.97. The number of aliphatic carboxylic acids is 1. The van der Waals surface area contributed by atoms with Gasteiger partial charge in [-0.1, -0.05) is 40.5 Å². The normalized spacial score (nSPS) is 16.5. The van der Waals surface area contributed by atoms with Gasteiger partial charge in [0.15, 0.2) is 0 Å². The van der Waals surface area contributed by atoms with E-state index in [1.165, 1.54) is 6.33 Å². The summed E-state index contributed by atoms with van der Waals surface area (Å²) in [7, 11) is 0. The van der Waals surface area contributed by atoms with E-state index in [1.54, 1.807) is 20.0 Å². The topological polar surface area (TPSA) is 179 Å². The van der Waals surface area contributed by atoms with Crippen molar-refractivity contribution in [2.75, 3.05) is 5.75 Å². The third-order valence-corrected chi connectivity index (χ3v) is 6.08. The Bertz CT molecular complexity index is 790. The lowest BCUT2D eigenvalue weighted by Crippen LogP contribution is -2.59. The van der Waals surface area contributed by atoms with Gasteiger partial charge in [0.05, 0.1) is 12.4 Å². The Morgan fingerprint density at radius 3 is 2.09 bits per heavy atom. The van der Waals surface area contributed by atoms with Crippen molar-refractivity contribution in [3.05, 3.63) is 18.2 Å². The lowest BCUT2D eigenvalue weighted by Gasteiger charge is -2.28. The number of nitrogens with two attached hydrogens (primary N) is 1. The molecule has 6 atom stereocenters. The van der Waals surface area contributed by atoms with Gasteiger partial charge in [-0.15, -0.1) is 0 Å². The number of H-pyrrole nitrogens is 1. The molecular formula is C21H36N6O5S. The number of aromatic nitrogens is 2. The Morgan fingerprint density at radius 2 is 1.61 bits per heavy atom. The minimum atomic E-state index is -1.15. The van der Waals surface area contributed by atoms with Crippen LogP contribution in [0.5, 0.6) is 0 Å². The number of amides is 3. The number of carboxylic acids is 1. The third kappa shape index (κ3) is 8.69. The van der Waals surface area contributed by atoms with Crippen molar-refractivity contribution in [1.82, 2.24) is 25.9 Å². The Kier molecular flexibility index (Phi) is 11.9. The molecule has 0 fully saturated rings. The van der Waals surface area contributed by atoms with Crippen LogP contribution in [0.1, 0.15) is 46.2 Å². The summed E-state index contributed by atoms with van der Waals surface area (Å²) >= 11 is 4.13. The van der Waals surface area contributed by atoms with E-state index >= 15 is 0 Å². The smallest absolute Gasteiger partial charge is 0.326 e. The van der Waals surface area contributed by atoms with Crippen LogP contribution in [0, 0.1) is 11.8 Å². The van der Waals surface area contributed by atoms with E-state index in [0.29, 0.717) is 18.5 Å². The molecule has 6 unspecified atom stereocenters. The van der Waals surface area contributed by atoms with E-state index in [2.05, 4.69) is 38.5 Å². The molecule has 0 saturated heterocycles. The molecule has 1 heterocycles. The van der Waals surface area contributed by atoms with Crippen molar-refractivity contribution in [3.8, 4) is 0 Å². The van der Waals surface area contributed by atoms with Gasteiger partial charge < -0.3 is 31.8 Å². The van der Waals surface area contributed by atoms with Crippen LogP contribution < -0.4 is 21.7 Å². The van der Waals surface area contributed by atoms with E-state index < -0.39 is 47.9 Å². The highest BCUT2D eigenvalue weighted by Gasteiger charge is 2.33. The van der Waals surface area contributed by atoms with Crippen LogP contribution in [0.3, 0.4) is 0 Å². The number of carbonyl (C=O) groups is 4. The molecule has 0 bridgehead atoms. The van der Waals surface area contributed by atoms with Crippen LogP contribution in [-0.2, 0) is 25.6 Å². The molecule has 3 amide bonds. The molecule has 0 aliphatic carbocycles. The Morgan fingerprint density at radius 1 is 1.03 bits per heavy atom. The fourth-order valence-electron chi connectivity index (χ4n) is 3.08. The van der Waals surface area contributed by atoms with Crippen LogP contribution in [0.2, 0.25) is 0 Å². The SMILES string of the molecule is CCC(C)C(NC(=O)C(CS)NC(=O)C(NC(=O)C(N)Cc1cnc[nH]1)C(C)CC)C(=O)O. The molecule has 12 heteroatoms. The molecule has 0 aromatic carbocycles. The predicted octanol–water partition coefficient (Wildman–Crippen LogP) is -0.159. The molecule has 0 spiro atoms. The van der Waals surface area contributed by atoms with Crippen LogP contribution in [0.15, 0.2) is 12.5 Å². The average molecular weight is 485 g/mol. The number of hydrogen-bond donors (Lipinski definition) is 7. The first-order valence-electron chi connectivity index (χ1n) is 11.0. The zero-order chi connectivity index (χ0) is 25.1. The summed E-state index contributed by atoms with van der Waals surface area (Å²) in [6, 6.07) is -4.00. The molecule has 33 heavy (non-hydrogen) atoms. The number of carbonyl (C=O) groups excluding carboxylic acids is 3. The van der Waals surface area contributed by atoms with Crippen LogP contribution in [0.25, 0.3) is 0 Å². The number of thiol groups is 1. The Balaban J connectivity index is 2.87. The number of hydrogen-bond acceptors (Lipinski definition) is 7. The molecule has 11 nitrogen and oxygen atoms in total. The summed E-state index contributed by atoms with van der Waals surface area (Å²) in [6.07, 6.45) is 4.39. The zero-order valence-corrected chi connectivity index (χ0v) is 20.4. The summed E-state index contributed by atoms with van der Waals surface area (Å²) in [5.41, 5.74) is 6.66. The van der Waals surface area contributed by atoms with E-state index in [9.17, 15) is 24.3 Å². The summed E-state index contributed by atoms with van der Waals surface area (Å²) < 4.78 is 0. The average Bonchev–Trinajstić information content (AvgIpc) is 3.30. The Labute approximate surface area is 199 Å². The largest absolute Gasteiger partial charge is 0.480 e. The molecule has 0 aliphatic heterocycles. The first-order valence-corrected chi connectivity index (χ1v) is 11.7. The van der Waals surface area contributed by atoms with Crippen molar-refractivity contribution in [3.63, 3.8) is 0 Å². The van der Waals surface area contributed by atoms with Gasteiger partial charge in [-0.25, -0.2) is 9.78 Å². The fraction of sp³-hybridized carbons (Fsp3) is 0.667. The monoisotopic (exact) mass is 484 g/mol. The van der Waals surface area contributed by atoms with E-state index in [0.717, 1.165) is 0 Å². The lowest BCUT2D eigenvalue weighted by molar-refractivity contribution is -0.143. The molecule has 186 valence electrons. The second kappa shape index (κ2) is 13.8. The molecule has 7 N–H and O–H groups in total. The highest BCUT2D eigenvalue weighted by molar-refractivity contribution is 7.80. The fourth-order valence-corrected chi connectivity index (χ4v) is 3.34. The molecule has 1 rings (SSSR count). The summed E-state index contributed by atoms with van der Waals surface area (Å²) in [4.78, 5) is 56.5.